The van der Waals surface area contributed by atoms with Gasteiger partial charge in [-0.05, 0) is 112 Å². The van der Waals surface area contributed by atoms with E-state index in [9.17, 15) is 4.79 Å². The monoisotopic (exact) mass is 411 g/mol. The molecule has 0 radical (unpaired) electrons. The second kappa shape index (κ2) is 7.09. The summed E-state index contributed by atoms with van der Waals surface area (Å²) < 4.78 is 5.99. The number of allylic oxidation sites excluding steroid dienone is 1. The third-order valence-electron chi connectivity index (χ3n) is 11.0. The maximum Gasteiger partial charge on any atom is 0.310 e. The molecule has 166 valence electrons. The highest BCUT2D eigenvalue weighted by molar-refractivity contribution is 5.75. The van der Waals surface area contributed by atoms with Gasteiger partial charge < -0.3 is 10.1 Å². The first kappa shape index (κ1) is 19.8. The predicted molar refractivity (Wildman–Crippen MR) is 119 cm³/mol. The van der Waals surface area contributed by atoms with E-state index < -0.39 is 0 Å². The molecule has 30 heavy (non-hydrogen) atoms. The largest absolute Gasteiger partial charge is 0.462 e. The van der Waals surface area contributed by atoms with Crippen LogP contribution >= 0.6 is 0 Å². The Labute approximate surface area is 182 Å². The van der Waals surface area contributed by atoms with Gasteiger partial charge in [-0.25, -0.2) is 0 Å². The van der Waals surface area contributed by atoms with Crippen molar-refractivity contribution in [1.29, 1.82) is 0 Å². The Morgan fingerprint density at radius 2 is 1.97 bits per heavy atom. The van der Waals surface area contributed by atoms with Gasteiger partial charge in [-0.2, -0.15) is 0 Å². The van der Waals surface area contributed by atoms with Crippen molar-refractivity contribution >= 4 is 5.97 Å². The van der Waals surface area contributed by atoms with E-state index in [-0.39, 0.29) is 18.0 Å². The van der Waals surface area contributed by atoms with Crippen molar-refractivity contribution in [3.8, 4) is 0 Å². The lowest BCUT2D eigenvalue weighted by atomic mass is 9.55. The molecule has 3 heteroatoms. The number of esters is 1. The van der Waals surface area contributed by atoms with Gasteiger partial charge in [0.1, 0.15) is 6.10 Å². The zero-order chi connectivity index (χ0) is 20.6. The third kappa shape index (κ3) is 2.97. The zero-order valence-electron chi connectivity index (χ0n) is 19.1. The van der Waals surface area contributed by atoms with Gasteiger partial charge in [-0.15, -0.1) is 0 Å². The first-order valence-electron chi connectivity index (χ1n) is 13.0. The second-order valence-electron chi connectivity index (χ2n) is 12.5. The summed E-state index contributed by atoms with van der Waals surface area (Å²) in [5.41, 5.74) is 1.74. The summed E-state index contributed by atoms with van der Waals surface area (Å²) in [6, 6.07) is 0.534. The Morgan fingerprint density at radius 1 is 1.17 bits per heavy atom. The number of nitrogens with one attached hydrogen (secondary N) is 1. The predicted octanol–water partition coefficient (Wildman–Crippen LogP) is 5.35. The summed E-state index contributed by atoms with van der Waals surface area (Å²) in [6.07, 6.45) is 13.4. The highest BCUT2D eigenvalue weighted by Gasteiger charge is 2.56. The molecule has 5 aliphatic carbocycles. The molecule has 0 amide bonds. The number of hydrogen-bond acceptors (Lipinski definition) is 3. The molecule has 0 unspecified atom stereocenters. The van der Waals surface area contributed by atoms with Crippen molar-refractivity contribution < 1.29 is 9.53 Å². The van der Waals surface area contributed by atoms with E-state index in [1.165, 1.54) is 56.9 Å². The fourth-order valence-corrected chi connectivity index (χ4v) is 9.66. The van der Waals surface area contributed by atoms with Gasteiger partial charge in [-0.3, -0.25) is 4.79 Å². The third-order valence-corrected chi connectivity index (χ3v) is 11.0. The van der Waals surface area contributed by atoms with Crippen molar-refractivity contribution in [1.82, 2.24) is 5.32 Å². The Kier molecular flexibility index (Phi) is 4.68. The minimum Gasteiger partial charge on any atom is -0.462 e. The number of fused-ring (bicyclic) bond motifs is 4. The van der Waals surface area contributed by atoms with Crippen LogP contribution in [0.4, 0.5) is 0 Å². The van der Waals surface area contributed by atoms with Gasteiger partial charge in [0.25, 0.3) is 0 Å². The van der Waals surface area contributed by atoms with Gasteiger partial charge in [-0.1, -0.05) is 19.1 Å². The molecule has 11 atom stereocenters. The first-order valence-corrected chi connectivity index (χ1v) is 13.0. The molecule has 6 fully saturated rings. The van der Waals surface area contributed by atoms with Crippen LogP contribution in [0, 0.1) is 52.8 Å². The van der Waals surface area contributed by atoms with Crippen molar-refractivity contribution in [2.45, 2.75) is 90.2 Å². The Balaban J connectivity index is 1.13. The van der Waals surface area contributed by atoms with Gasteiger partial charge in [0.15, 0.2) is 0 Å². The van der Waals surface area contributed by atoms with E-state index in [0.717, 1.165) is 49.0 Å². The number of ether oxygens (including phenoxy) is 1. The maximum atomic E-state index is 12.9. The molecule has 1 saturated heterocycles. The Bertz CT molecular complexity index is 732. The van der Waals surface area contributed by atoms with Gasteiger partial charge >= 0.3 is 5.97 Å². The van der Waals surface area contributed by atoms with Crippen LogP contribution in [0.3, 0.4) is 0 Å². The highest BCUT2D eigenvalue weighted by Crippen LogP contribution is 2.59. The van der Waals surface area contributed by atoms with Crippen molar-refractivity contribution in [3.05, 3.63) is 12.2 Å². The topological polar surface area (TPSA) is 38.3 Å². The number of carbonyl (C=O) groups excluding carboxylic acids is 1. The lowest BCUT2D eigenvalue weighted by Gasteiger charge is -2.50. The number of hydrogen-bond donors (Lipinski definition) is 1. The molecule has 1 aliphatic heterocycles. The van der Waals surface area contributed by atoms with Crippen LogP contribution in [-0.4, -0.2) is 24.7 Å². The van der Waals surface area contributed by atoms with E-state index in [0.29, 0.717) is 23.3 Å². The van der Waals surface area contributed by atoms with Gasteiger partial charge in [0, 0.05) is 18.5 Å². The van der Waals surface area contributed by atoms with E-state index in [1.807, 2.05) is 0 Å². The van der Waals surface area contributed by atoms with Crippen LogP contribution in [0.5, 0.6) is 0 Å². The smallest absolute Gasteiger partial charge is 0.310 e. The van der Waals surface area contributed by atoms with Crippen LogP contribution in [-0.2, 0) is 9.53 Å². The molecule has 0 aromatic carbocycles. The SMILES string of the molecule is C=C1CCC[C@]2(C)C[C@H]3OC(=O)[C@H](CN[C@H](C)[C@@H]4[C@H]5CC[C@H]6C[C@@H](C5)C[C@H]64)[C@H]3C[C@@H]12. The van der Waals surface area contributed by atoms with Crippen LogP contribution in [0.25, 0.3) is 0 Å². The fourth-order valence-electron chi connectivity index (χ4n) is 9.66. The lowest BCUT2D eigenvalue weighted by molar-refractivity contribution is -0.146. The van der Waals surface area contributed by atoms with E-state index in [1.54, 1.807) is 0 Å². The molecule has 1 N–H and O–H groups in total. The molecular formula is C27H41NO2. The Hall–Kier alpha value is -0.830. The summed E-state index contributed by atoms with van der Waals surface area (Å²) in [4.78, 5) is 12.9. The molecule has 0 aromatic heterocycles. The number of carbonyl (C=O) groups is 1. The van der Waals surface area contributed by atoms with Crippen LogP contribution in [0.1, 0.15) is 78.1 Å². The second-order valence-corrected chi connectivity index (χ2v) is 12.5. The summed E-state index contributed by atoms with van der Waals surface area (Å²) in [5.74, 6) is 5.85. The molecule has 3 nitrogen and oxygen atoms in total. The standard InChI is InChI=1S/C27H41NO2/c1-15-5-4-8-27(3)13-24-21(12-23(15)27)22(26(29)30-24)14-28-16(2)25-19-7-6-18-9-17(10-19)11-20(18)25/h16-25,28H,1,4-14H2,2-3H3/t16-,17+,18+,19+,20-,21-,22-,23+,24-,25-,27-/m1/s1. The summed E-state index contributed by atoms with van der Waals surface area (Å²) >= 11 is 0. The molecule has 0 aromatic rings. The van der Waals surface area contributed by atoms with Crippen LogP contribution in [0.15, 0.2) is 12.2 Å². The fraction of sp³-hybridized carbons (Fsp3) is 0.889. The molecule has 6 aliphatic rings. The average Bonchev–Trinajstić information content (AvgIpc) is 3.10. The zero-order valence-corrected chi connectivity index (χ0v) is 19.1. The summed E-state index contributed by atoms with van der Waals surface area (Å²) in [7, 11) is 0. The summed E-state index contributed by atoms with van der Waals surface area (Å²) in [5, 5.41) is 3.89. The van der Waals surface area contributed by atoms with E-state index in [4.69, 9.17) is 4.74 Å². The van der Waals surface area contributed by atoms with E-state index >= 15 is 0 Å². The first-order chi connectivity index (χ1) is 14.4. The van der Waals surface area contributed by atoms with E-state index in [2.05, 4.69) is 25.7 Å². The highest BCUT2D eigenvalue weighted by atomic mass is 16.6. The molecule has 1 heterocycles. The Morgan fingerprint density at radius 3 is 2.83 bits per heavy atom. The molecule has 0 spiro atoms. The van der Waals surface area contributed by atoms with Crippen molar-refractivity contribution in [2.24, 2.45) is 52.8 Å². The maximum absolute atomic E-state index is 12.9. The molecular weight excluding hydrogens is 370 g/mol. The van der Waals surface area contributed by atoms with Crippen LogP contribution < -0.4 is 5.32 Å². The van der Waals surface area contributed by atoms with Crippen molar-refractivity contribution in [3.63, 3.8) is 0 Å². The molecule has 6 rings (SSSR count). The minimum absolute atomic E-state index is 0.0498. The van der Waals surface area contributed by atoms with Gasteiger partial charge in [0.05, 0.1) is 5.92 Å². The number of rotatable bonds is 4. The molecule has 5 saturated carbocycles. The molecule has 3 bridgehead atoms. The minimum atomic E-state index is 0.0498. The quantitative estimate of drug-likeness (QED) is 0.500. The summed E-state index contributed by atoms with van der Waals surface area (Å²) in [6.45, 7) is 10.1. The van der Waals surface area contributed by atoms with Gasteiger partial charge in [0.2, 0.25) is 0 Å². The van der Waals surface area contributed by atoms with Crippen molar-refractivity contribution in [2.75, 3.05) is 6.54 Å². The normalized spacial score (nSPS) is 52.7. The van der Waals surface area contributed by atoms with Crippen LogP contribution in [0.2, 0.25) is 0 Å². The lowest BCUT2D eigenvalue weighted by Crippen LogP contribution is -2.49. The average molecular weight is 412 g/mol.